The van der Waals surface area contributed by atoms with Gasteiger partial charge in [-0.3, -0.25) is 0 Å². The third-order valence-electron chi connectivity index (χ3n) is 2.41. The van der Waals surface area contributed by atoms with Crippen LogP contribution in [0.4, 0.5) is 0 Å². The maximum Gasteiger partial charge on any atom is -0.00367 e. The Morgan fingerprint density at radius 1 is 0.684 bits per heavy atom. The van der Waals surface area contributed by atoms with Gasteiger partial charge in [-0.25, -0.2) is 0 Å². The molecule has 0 saturated carbocycles. The van der Waals surface area contributed by atoms with Gasteiger partial charge in [-0.05, 0) is 55.6 Å². The van der Waals surface area contributed by atoms with Gasteiger partial charge in [0.1, 0.15) is 0 Å². The molecule has 1 aromatic rings. The summed E-state index contributed by atoms with van der Waals surface area (Å²) in [6, 6.07) is 6.58. The van der Waals surface area contributed by atoms with Crippen molar-refractivity contribution in [2.45, 2.75) is 33.1 Å². The minimum atomic E-state index is 0.689. The lowest BCUT2D eigenvalue weighted by molar-refractivity contribution is 0.914. The molecule has 0 aliphatic carbocycles. The summed E-state index contributed by atoms with van der Waals surface area (Å²) < 4.78 is 0. The van der Waals surface area contributed by atoms with Crippen LogP contribution in [0.1, 0.15) is 30.5 Å². The molecule has 3 nitrogen and oxygen atoms in total. The molecule has 0 atom stereocenters. The molecule has 108 valence electrons. The fourth-order valence-corrected chi connectivity index (χ4v) is 1.77. The Morgan fingerprint density at radius 3 is 1.05 bits per heavy atom. The monoisotopic (exact) mass is 263 g/mol. The van der Waals surface area contributed by atoms with Crippen molar-refractivity contribution in [3.63, 3.8) is 0 Å². The summed E-state index contributed by atoms with van der Waals surface area (Å²) in [5.74, 6) is 0. The minimum absolute atomic E-state index is 0.689. The van der Waals surface area contributed by atoms with Crippen molar-refractivity contribution < 1.29 is 0 Å². The molecule has 6 N–H and O–H groups in total. The predicted molar refractivity (Wildman–Crippen MR) is 86.0 cm³/mol. The third-order valence-corrected chi connectivity index (χ3v) is 2.41. The molecule has 19 heavy (non-hydrogen) atoms. The van der Waals surface area contributed by atoms with Crippen LogP contribution in [0.25, 0.3) is 0 Å². The molecule has 0 bridgehead atoms. The van der Waals surface area contributed by atoms with Gasteiger partial charge in [0.15, 0.2) is 0 Å². The number of rotatable bonds is 6. The van der Waals surface area contributed by atoms with Crippen molar-refractivity contribution in [1.29, 1.82) is 0 Å². The van der Waals surface area contributed by atoms with Gasteiger partial charge in [0, 0.05) is 0 Å². The van der Waals surface area contributed by atoms with E-state index in [1.165, 1.54) is 16.7 Å². The lowest BCUT2D eigenvalue weighted by Gasteiger charge is -2.08. The number of benzene rings is 1. The first kappa shape index (κ1) is 20.0. The van der Waals surface area contributed by atoms with E-state index in [9.17, 15) is 0 Å². The van der Waals surface area contributed by atoms with Crippen molar-refractivity contribution in [3.8, 4) is 12.8 Å². The smallest absolute Gasteiger partial charge is 0.00367 e. The molecular weight excluding hydrogens is 234 g/mol. The van der Waals surface area contributed by atoms with Crippen LogP contribution < -0.4 is 17.2 Å². The molecule has 1 aromatic carbocycles. The summed E-state index contributed by atoms with van der Waals surface area (Å²) in [5, 5.41) is 0. The van der Waals surface area contributed by atoms with E-state index in [1.54, 1.807) is 0 Å². The summed E-state index contributed by atoms with van der Waals surface area (Å²) in [6.07, 6.45) is 10.8. The van der Waals surface area contributed by atoms with Gasteiger partial charge in [0.25, 0.3) is 0 Å². The number of terminal acetylenes is 1. The standard InChI is InChI=1S/C12H21N3.C2H6.C2H2/c13-4-1-10-7-11(2-5-14)9-12(8-10)3-6-15;2*1-2/h7-9H,1-6,13-15H2;1-2H3;1-2H. The predicted octanol–water partition coefficient (Wildman–Crippen LogP) is 1.47. The van der Waals surface area contributed by atoms with Gasteiger partial charge in [-0.15, -0.1) is 12.8 Å². The van der Waals surface area contributed by atoms with Crippen molar-refractivity contribution >= 4 is 0 Å². The summed E-state index contributed by atoms with van der Waals surface area (Å²) >= 11 is 0. The Morgan fingerprint density at radius 2 is 0.895 bits per heavy atom. The number of hydrogen-bond acceptors (Lipinski definition) is 3. The molecule has 0 fully saturated rings. The van der Waals surface area contributed by atoms with Crippen molar-refractivity contribution in [2.24, 2.45) is 17.2 Å². The molecule has 0 aliphatic rings. The van der Waals surface area contributed by atoms with Crippen LogP contribution >= 0.6 is 0 Å². The fraction of sp³-hybridized carbons (Fsp3) is 0.500. The lowest BCUT2D eigenvalue weighted by Crippen LogP contribution is -2.08. The largest absolute Gasteiger partial charge is 0.330 e. The van der Waals surface area contributed by atoms with Crippen LogP contribution in [0.3, 0.4) is 0 Å². The first-order valence-corrected chi connectivity index (χ1v) is 6.85. The maximum absolute atomic E-state index is 5.56. The van der Waals surface area contributed by atoms with E-state index in [2.05, 4.69) is 31.0 Å². The highest BCUT2D eigenvalue weighted by molar-refractivity contribution is 5.31. The van der Waals surface area contributed by atoms with Gasteiger partial charge in [0.05, 0.1) is 0 Å². The van der Waals surface area contributed by atoms with E-state index in [-0.39, 0.29) is 0 Å². The molecule has 0 unspecified atom stereocenters. The van der Waals surface area contributed by atoms with E-state index in [4.69, 9.17) is 17.2 Å². The zero-order valence-corrected chi connectivity index (χ0v) is 12.4. The van der Waals surface area contributed by atoms with Gasteiger partial charge < -0.3 is 17.2 Å². The Hall–Kier alpha value is -1.34. The van der Waals surface area contributed by atoms with Crippen molar-refractivity contribution in [1.82, 2.24) is 0 Å². The SMILES string of the molecule is C#C.CC.NCCc1cc(CCN)cc(CCN)c1. The average molecular weight is 263 g/mol. The zero-order chi connectivity index (χ0) is 15.1. The first-order valence-electron chi connectivity index (χ1n) is 6.85. The number of nitrogens with two attached hydrogens (primary N) is 3. The molecule has 0 heterocycles. The molecule has 0 spiro atoms. The molecule has 0 aliphatic heterocycles. The second kappa shape index (κ2) is 14.7. The van der Waals surface area contributed by atoms with E-state index >= 15 is 0 Å². The van der Waals surface area contributed by atoms with E-state index in [1.807, 2.05) is 13.8 Å². The van der Waals surface area contributed by atoms with Crippen LogP contribution in [0.5, 0.6) is 0 Å². The fourth-order valence-electron chi connectivity index (χ4n) is 1.77. The van der Waals surface area contributed by atoms with Crippen LogP contribution in [0, 0.1) is 12.8 Å². The third kappa shape index (κ3) is 9.26. The Labute approximate surface area is 118 Å². The molecule has 0 aromatic heterocycles. The van der Waals surface area contributed by atoms with E-state index < -0.39 is 0 Å². The summed E-state index contributed by atoms with van der Waals surface area (Å²) in [6.45, 7) is 6.07. The van der Waals surface area contributed by atoms with Gasteiger partial charge >= 0.3 is 0 Å². The summed E-state index contributed by atoms with van der Waals surface area (Å²) in [4.78, 5) is 0. The topological polar surface area (TPSA) is 78.1 Å². The summed E-state index contributed by atoms with van der Waals surface area (Å²) in [7, 11) is 0. The highest BCUT2D eigenvalue weighted by atomic mass is 14.5. The molecule has 3 heteroatoms. The Kier molecular flexibility index (Phi) is 15.5. The highest BCUT2D eigenvalue weighted by Crippen LogP contribution is 2.12. The van der Waals surface area contributed by atoms with Crippen LogP contribution in [0.2, 0.25) is 0 Å². The van der Waals surface area contributed by atoms with E-state index in [0.717, 1.165) is 19.3 Å². The van der Waals surface area contributed by atoms with Crippen molar-refractivity contribution in [3.05, 3.63) is 34.9 Å². The molecule has 1 rings (SSSR count). The quantitative estimate of drug-likeness (QED) is 0.680. The van der Waals surface area contributed by atoms with Crippen LogP contribution in [-0.4, -0.2) is 19.6 Å². The molecular formula is C16H29N3. The second-order valence-corrected chi connectivity index (χ2v) is 3.77. The molecule has 0 saturated heterocycles. The molecule has 0 radical (unpaired) electrons. The van der Waals surface area contributed by atoms with Crippen molar-refractivity contribution in [2.75, 3.05) is 19.6 Å². The molecule has 0 amide bonds. The summed E-state index contributed by atoms with van der Waals surface area (Å²) in [5.41, 5.74) is 20.6. The average Bonchev–Trinajstić information content (AvgIpc) is 2.44. The highest BCUT2D eigenvalue weighted by Gasteiger charge is 2.00. The zero-order valence-electron chi connectivity index (χ0n) is 12.4. The normalized spacial score (nSPS) is 8.79. The minimum Gasteiger partial charge on any atom is -0.330 e. The maximum atomic E-state index is 5.56. The number of hydrogen-bond donors (Lipinski definition) is 3. The second-order valence-electron chi connectivity index (χ2n) is 3.77. The van der Waals surface area contributed by atoms with Gasteiger partial charge in [-0.2, -0.15) is 0 Å². The van der Waals surface area contributed by atoms with Gasteiger partial charge in [-0.1, -0.05) is 32.0 Å². The lowest BCUT2D eigenvalue weighted by atomic mass is 10.00. The first-order chi connectivity index (χ1) is 9.30. The van der Waals surface area contributed by atoms with Crippen LogP contribution in [-0.2, 0) is 19.3 Å². The van der Waals surface area contributed by atoms with Gasteiger partial charge in [0.2, 0.25) is 0 Å². The van der Waals surface area contributed by atoms with Crippen LogP contribution in [0.15, 0.2) is 18.2 Å². The Balaban J connectivity index is 0. The Bertz CT molecular complexity index is 272. The van der Waals surface area contributed by atoms with E-state index in [0.29, 0.717) is 19.6 Å².